The van der Waals surface area contributed by atoms with Crippen LogP contribution in [-0.4, -0.2) is 23.1 Å². The van der Waals surface area contributed by atoms with Crippen molar-refractivity contribution in [1.82, 2.24) is 5.01 Å². The van der Waals surface area contributed by atoms with Gasteiger partial charge in [-0.3, -0.25) is 10.4 Å². The molecule has 0 fully saturated rings. The highest BCUT2D eigenvalue weighted by Gasteiger charge is 2.19. The third-order valence-electron chi connectivity index (χ3n) is 2.63. The van der Waals surface area contributed by atoms with Crippen molar-refractivity contribution in [1.29, 1.82) is 5.41 Å². The smallest absolute Gasteiger partial charge is 0.116 e. The third-order valence-corrected chi connectivity index (χ3v) is 2.96. The van der Waals surface area contributed by atoms with Crippen LogP contribution in [0.1, 0.15) is 25.3 Å². The summed E-state index contributed by atoms with van der Waals surface area (Å²) in [5.41, 5.74) is 1.96. The molecule has 0 unspecified atom stereocenters. The largest absolute Gasteiger partial charge is 0.287 e. The normalized spacial score (nSPS) is 15.1. The first-order chi connectivity index (χ1) is 7.72. The fourth-order valence-electron chi connectivity index (χ4n) is 1.72. The van der Waals surface area contributed by atoms with Gasteiger partial charge < -0.3 is 0 Å². The summed E-state index contributed by atoms with van der Waals surface area (Å²) in [4.78, 5) is 0. The Morgan fingerprint density at radius 1 is 1.50 bits per heavy atom. The number of rotatable bonds is 2. The van der Waals surface area contributed by atoms with E-state index in [-0.39, 0.29) is 0 Å². The first kappa shape index (κ1) is 11.1. The molecular formula is C12H14ClN3. The number of hydrogen-bond donors (Lipinski definition) is 1. The summed E-state index contributed by atoms with van der Waals surface area (Å²) in [6.45, 7) is 2.75. The molecule has 0 saturated heterocycles. The molecule has 16 heavy (non-hydrogen) atoms. The van der Waals surface area contributed by atoms with Gasteiger partial charge in [-0.1, -0.05) is 36.7 Å². The third kappa shape index (κ3) is 2.09. The fourth-order valence-corrected chi connectivity index (χ4v) is 1.96. The van der Waals surface area contributed by atoms with E-state index in [1.165, 1.54) is 0 Å². The highest BCUT2D eigenvalue weighted by Crippen LogP contribution is 2.21. The van der Waals surface area contributed by atoms with Crippen molar-refractivity contribution in [2.45, 2.75) is 19.8 Å². The van der Waals surface area contributed by atoms with E-state index in [1.54, 1.807) is 5.01 Å². The lowest BCUT2D eigenvalue weighted by Gasteiger charge is -2.11. The van der Waals surface area contributed by atoms with Gasteiger partial charge in [0.2, 0.25) is 0 Å². The second kappa shape index (κ2) is 4.66. The molecule has 1 aliphatic heterocycles. The molecule has 84 valence electrons. The number of hydrogen-bond acceptors (Lipinski definition) is 2. The molecule has 0 saturated carbocycles. The van der Waals surface area contributed by atoms with Crippen molar-refractivity contribution in [3.63, 3.8) is 0 Å². The molecule has 1 aliphatic rings. The molecule has 2 rings (SSSR count). The average molecular weight is 236 g/mol. The van der Waals surface area contributed by atoms with Crippen LogP contribution >= 0.6 is 11.6 Å². The Bertz CT molecular complexity index is 440. The highest BCUT2D eigenvalue weighted by molar-refractivity contribution is 6.34. The van der Waals surface area contributed by atoms with Crippen molar-refractivity contribution in [3.05, 3.63) is 34.9 Å². The molecule has 1 aromatic rings. The minimum Gasteiger partial charge on any atom is -0.287 e. The van der Waals surface area contributed by atoms with Crippen LogP contribution in [0, 0.1) is 5.41 Å². The van der Waals surface area contributed by atoms with Gasteiger partial charge in [-0.25, -0.2) is 0 Å². The maximum absolute atomic E-state index is 7.73. The zero-order valence-corrected chi connectivity index (χ0v) is 9.96. The quantitative estimate of drug-likeness (QED) is 0.621. The van der Waals surface area contributed by atoms with Gasteiger partial charge in [-0.05, 0) is 6.07 Å². The van der Waals surface area contributed by atoms with Gasteiger partial charge in [-0.2, -0.15) is 5.10 Å². The number of nitrogens with zero attached hydrogens (tertiary/aromatic N) is 2. The van der Waals surface area contributed by atoms with Gasteiger partial charge in [0.25, 0.3) is 0 Å². The predicted molar refractivity (Wildman–Crippen MR) is 67.3 cm³/mol. The lowest BCUT2D eigenvalue weighted by molar-refractivity contribution is 0.477. The van der Waals surface area contributed by atoms with Gasteiger partial charge in [0.15, 0.2) is 0 Å². The van der Waals surface area contributed by atoms with E-state index in [0.717, 1.165) is 29.3 Å². The molecule has 0 radical (unpaired) electrons. The van der Waals surface area contributed by atoms with Crippen LogP contribution in [0.3, 0.4) is 0 Å². The monoisotopic (exact) mass is 235 g/mol. The second-order valence-corrected chi connectivity index (χ2v) is 4.11. The Morgan fingerprint density at radius 3 is 2.94 bits per heavy atom. The van der Waals surface area contributed by atoms with E-state index in [2.05, 4.69) is 5.10 Å². The molecular weight excluding hydrogens is 222 g/mol. The van der Waals surface area contributed by atoms with Gasteiger partial charge in [0.1, 0.15) is 5.84 Å². The van der Waals surface area contributed by atoms with Crippen molar-refractivity contribution in [2.24, 2.45) is 5.10 Å². The summed E-state index contributed by atoms with van der Waals surface area (Å²) >= 11 is 6.11. The first-order valence-corrected chi connectivity index (χ1v) is 5.77. The van der Waals surface area contributed by atoms with Crippen molar-refractivity contribution < 1.29 is 0 Å². The number of nitrogens with one attached hydrogen (secondary N) is 1. The first-order valence-electron chi connectivity index (χ1n) is 5.39. The van der Waals surface area contributed by atoms with E-state index < -0.39 is 0 Å². The Kier molecular flexibility index (Phi) is 3.25. The topological polar surface area (TPSA) is 39.5 Å². The molecule has 0 amide bonds. The maximum Gasteiger partial charge on any atom is 0.116 e. The van der Waals surface area contributed by atoms with Crippen LogP contribution in [0.2, 0.25) is 5.02 Å². The summed E-state index contributed by atoms with van der Waals surface area (Å²) < 4.78 is 0. The number of amidine groups is 1. The van der Waals surface area contributed by atoms with Crippen LogP contribution in [0.25, 0.3) is 0 Å². The molecule has 4 heteroatoms. The van der Waals surface area contributed by atoms with Crippen LogP contribution < -0.4 is 0 Å². The summed E-state index contributed by atoms with van der Waals surface area (Å²) in [5, 5.41) is 14.6. The van der Waals surface area contributed by atoms with Gasteiger partial charge in [0, 0.05) is 30.0 Å². The lowest BCUT2D eigenvalue weighted by Crippen LogP contribution is -2.21. The van der Waals surface area contributed by atoms with Crippen LogP contribution in [0.15, 0.2) is 29.4 Å². The Hall–Kier alpha value is -1.35. The van der Waals surface area contributed by atoms with Crippen LogP contribution in [0.4, 0.5) is 0 Å². The van der Waals surface area contributed by atoms with Gasteiger partial charge in [-0.15, -0.1) is 0 Å². The zero-order chi connectivity index (χ0) is 11.5. The van der Waals surface area contributed by atoms with Crippen molar-refractivity contribution in [2.75, 3.05) is 6.54 Å². The average Bonchev–Trinajstić information content (AvgIpc) is 2.78. The lowest BCUT2D eigenvalue weighted by atomic mass is 10.1. The predicted octanol–water partition coefficient (Wildman–Crippen LogP) is 3.14. The number of hydrazone groups is 1. The molecule has 1 N–H and O–H groups in total. The minimum atomic E-state index is 0.557. The van der Waals surface area contributed by atoms with E-state index >= 15 is 0 Å². The zero-order valence-electron chi connectivity index (χ0n) is 9.20. The molecule has 0 aromatic heterocycles. The van der Waals surface area contributed by atoms with E-state index in [4.69, 9.17) is 17.0 Å². The summed E-state index contributed by atoms with van der Waals surface area (Å²) in [6, 6.07) is 7.71. The molecule has 0 aliphatic carbocycles. The standard InChI is InChI=1S/C12H14ClN3/c1-2-12(14)16-8-7-11(15-16)9-5-3-4-6-10(9)13/h3-6,14H,2,7-8H2,1H3. The molecule has 0 atom stereocenters. The van der Waals surface area contributed by atoms with Crippen LogP contribution in [0.5, 0.6) is 0 Å². The SMILES string of the molecule is CCC(=N)N1CCC(c2ccccc2Cl)=N1. The van der Waals surface area contributed by atoms with E-state index in [9.17, 15) is 0 Å². The molecule has 1 heterocycles. The number of halogens is 1. The second-order valence-electron chi connectivity index (χ2n) is 3.70. The fraction of sp³-hybridized carbons (Fsp3) is 0.333. The summed E-state index contributed by atoms with van der Waals surface area (Å²) in [6.07, 6.45) is 1.56. The van der Waals surface area contributed by atoms with E-state index in [1.807, 2.05) is 31.2 Å². The minimum absolute atomic E-state index is 0.557. The molecule has 3 nitrogen and oxygen atoms in total. The Labute approximate surface area is 100 Å². The maximum atomic E-state index is 7.73. The van der Waals surface area contributed by atoms with Gasteiger partial charge >= 0.3 is 0 Å². The molecule has 0 spiro atoms. The molecule has 0 bridgehead atoms. The summed E-state index contributed by atoms with van der Waals surface area (Å²) in [5.74, 6) is 0.557. The Morgan fingerprint density at radius 2 is 2.25 bits per heavy atom. The molecule has 1 aromatic carbocycles. The van der Waals surface area contributed by atoms with E-state index in [0.29, 0.717) is 12.3 Å². The highest BCUT2D eigenvalue weighted by atomic mass is 35.5. The van der Waals surface area contributed by atoms with Crippen molar-refractivity contribution >= 4 is 23.1 Å². The van der Waals surface area contributed by atoms with Gasteiger partial charge in [0.05, 0.1) is 5.71 Å². The Balaban J connectivity index is 2.25. The summed E-state index contributed by atoms with van der Waals surface area (Å²) in [7, 11) is 0. The number of benzene rings is 1. The van der Waals surface area contributed by atoms with Crippen molar-refractivity contribution in [3.8, 4) is 0 Å². The van der Waals surface area contributed by atoms with Crippen LogP contribution in [-0.2, 0) is 0 Å².